The second-order valence-corrected chi connectivity index (χ2v) is 8.95. The Labute approximate surface area is 244 Å². The first-order valence-electron chi connectivity index (χ1n) is 8.57. The minimum atomic E-state index is -4.97. The Morgan fingerprint density at radius 3 is 1.71 bits per heavy atom. The van der Waals surface area contributed by atoms with E-state index in [4.69, 9.17) is 11.1 Å². The summed E-state index contributed by atoms with van der Waals surface area (Å²) in [6.45, 7) is 1.31. The SMILES string of the molecule is CC(=Cc1ccc(N=[N+]=[N-])cc1S(=O)(=O)[O-])C(=O)C=Cc1ccc(N=[N+]=[N-])cc1S(=O)(=O)[O-].[Na+].[Na+]. The van der Waals surface area contributed by atoms with Crippen molar-refractivity contribution in [2.45, 2.75) is 16.7 Å². The molecule has 0 unspecified atom stereocenters. The first-order valence-corrected chi connectivity index (χ1v) is 11.4. The molecule has 0 bridgehead atoms. The van der Waals surface area contributed by atoms with Crippen LogP contribution < -0.4 is 59.1 Å². The maximum Gasteiger partial charge on any atom is 1.00 e. The number of rotatable bonds is 8. The number of benzene rings is 2. The van der Waals surface area contributed by atoms with Gasteiger partial charge in [-0.25, -0.2) is 16.8 Å². The third-order valence-electron chi connectivity index (χ3n) is 4.03. The van der Waals surface area contributed by atoms with Crippen LogP contribution >= 0.6 is 0 Å². The second-order valence-electron chi connectivity index (χ2n) is 6.26. The summed E-state index contributed by atoms with van der Waals surface area (Å²) >= 11 is 0. The van der Waals surface area contributed by atoms with Gasteiger partial charge >= 0.3 is 59.1 Å². The summed E-state index contributed by atoms with van der Waals surface area (Å²) in [4.78, 5) is 16.0. The molecule has 0 heterocycles. The molecule has 17 heteroatoms. The van der Waals surface area contributed by atoms with Crippen LogP contribution in [0.1, 0.15) is 18.1 Å². The Balaban J connectivity index is 0.00000578. The monoisotopic (exact) mass is 534 g/mol. The molecule has 13 nitrogen and oxygen atoms in total. The van der Waals surface area contributed by atoms with Crippen molar-refractivity contribution in [3.63, 3.8) is 0 Å². The van der Waals surface area contributed by atoms with Crippen molar-refractivity contribution >= 4 is 49.5 Å². The van der Waals surface area contributed by atoms with E-state index in [-0.39, 0.29) is 87.2 Å². The molecule has 0 saturated carbocycles. The number of hydrogen-bond donors (Lipinski definition) is 0. The van der Waals surface area contributed by atoms with Crippen molar-refractivity contribution < 1.29 is 89.9 Å². The molecule has 0 aliphatic heterocycles. The van der Waals surface area contributed by atoms with Crippen molar-refractivity contribution in [2.24, 2.45) is 10.2 Å². The largest absolute Gasteiger partial charge is 1.00 e. The molecule has 0 radical (unpaired) electrons. The van der Waals surface area contributed by atoms with Gasteiger partial charge in [-0.1, -0.05) is 34.5 Å². The van der Waals surface area contributed by atoms with Crippen LogP contribution in [0.25, 0.3) is 33.0 Å². The molecule has 0 aliphatic rings. The van der Waals surface area contributed by atoms with Crippen LogP contribution in [0.4, 0.5) is 11.4 Å². The van der Waals surface area contributed by atoms with E-state index in [1.807, 2.05) is 0 Å². The fourth-order valence-corrected chi connectivity index (χ4v) is 3.94. The van der Waals surface area contributed by atoms with Crippen LogP contribution in [0.15, 0.2) is 68.1 Å². The summed E-state index contributed by atoms with van der Waals surface area (Å²) < 4.78 is 69.1. The minimum absolute atomic E-state index is 0. The van der Waals surface area contributed by atoms with Gasteiger partial charge in [0.25, 0.3) is 0 Å². The number of carbonyl (C=O) groups excluding carboxylic acids is 1. The van der Waals surface area contributed by atoms with E-state index in [1.54, 1.807) is 0 Å². The van der Waals surface area contributed by atoms with Gasteiger partial charge in [0.2, 0.25) is 0 Å². The molecule has 170 valence electrons. The number of ketones is 1. The maximum atomic E-state index is 12.4. The van der Waals surface area contributed by atoms with Gasteiger partial charge in [-0.15, -0.1) is 0 Å². The average Bonchev–Trinajstić information content (AvgIpc) is 2.72. The van der Waals surface area contributed by atoms with Crippen molar-refractivity contribution in [3.8, 4) is 0 Å². The average molecular weight is 534 g/mol. The normalized spacial score (nSPS) is 11.5. The maximum absolute atomic E-state index is 12.4. The third-order valence-corrected chi connectivity index (χ3v) is 5.81. The van der Waals surface area contributed by atoms with E-state index in [0.717, 1.165) is 36.4 Å². The number of hydrogen-bond acceptors (Lipinski definition) is 9. The van der Waals surface area contributed by atoms with E-state index >= 15 is 0 Å². The standard InChI is InChI=1S/C18H14N6O7S2.2Na/c1-11(8-13-3-6-15(22-24-20)10-18(13)33(29,30)31)16(25)7-4-12-2-5-14(21-23-19)9-17(12)32(26,27)28;;/h2-10H,1H3,(H,26,27,28)(H,29,30,31);;/q;2*+1/p-2. The van der Waals surface area contributed by atoms with Gasteiger partial charge in [-0.3, -0.25) is 4.79 Å². The zero-order chi connectivity index (χ0) is 24.8. The molecule has 0 atom stereocenters. The fourth-order valence-electron chi connectivity index (χ4n) is 2.57. The molecule has 0 spiro atoms. The zero-order valence-corrected chi connectivity index (χ0v) is 24.2. The van der Waals surface area contributed by atoms with Crippen LogP contribution in [-0.2, 0) is 25.0 Å². The summed E-state index contributed by atoms with van der Waals surface area (Å²) in [6, 6.07) is 6.52. The molecule has 0 fully saturated rings. The summed E-state index contributed by atoms with van der Waals surface area (Å²) in [5.41, 5.74) is 16.3. The molecule has 2 aromatic carbocycles. The predicted molar refractivity (Wildman–Crippen MR) is 114 cm³/mol. The molecule has 0 aliphatic carbocycles. The minimum Gasteiger partial charge on any atom is -0.744 e. The summed E-state index contributed by atoms with van der Waals surface area (Å²) in [5, 5.41) is 6.44. The quantitative estimate of drug-likeness (QED) is 0.0929. The van der Waals surface area contributed by atoms with E-state index in [1.165, 1.54) is 25.1 Å². The van der Waals surface area contributed by atoms with Gasteiger partial charge in [0.15, 0.2) is 5.78 Å². The van der Waals surface area contributed by atoms with Crippen LogP contribution in [-0.4, -0.2) is 31.7 Å². The van der Waals surface area contributed by atoms with Gasteiger partial charge in [0.1, 0.15) is 20.2 Å². The summed E-state index contributed by atoms with van der Waals surface area (Å²) in [6.07, 6.45) is 3.08. The van der Waals surface area contributed by atoms with Crippen molar-refractivity contribution in [3.05, 3.63) is 80.1 Å². The molecule has 0 saturated heterocycles. The second kappa shape index (κ2) is 13.9. The van der Waals surface area contributed by atoms with Crippen LogP contribution in [0.2, 0.25) is 0 Å². The van der Waals surface area contributed by atoms with Crippen molar-refractivity contribution in [2.75, 3.05) is 0 Å². The Hall–Kier alpha value is -1.97. The van der Waals surface area contributed by atoms with Crippen molar-refractivity contribution in [1.82, 2.24) is 0 Å². The van der Waals surface area contributed by atoms with E-state index in [2.05, 4.69) is 20.1 Å². The molecular weight excluding hydrogens is 522 g/mol. The van der Waals surface area contributed by atoms with E-state index < -0.39 is 35.8 Å². The fraction of sp³-hybridized carbons (Fsp3) is 0.0556. The van der Waals surface area contributed by atoms with Crippen LogP contribution in [0.5, 0.6) is 0 Å². The first kappa shape index (κ1) is 33.0. The molecular formula is C18H12N6Na2O7S2. The third kappa shape index (κ3) is 9.54. The Kier molecular flexibility index (Phi) is 13.2. The number of allylic oxidation sites excluding steroid dienone is 2. The topological polar surface area (TPSA) is 229 Å². The van der Waals surface area contributed by atoms with Gasteiger partial charge < -0.3 is 9.11 Å². The summed E-state index contributed by atoms with van der Waals surface area (Å²) in [7, 11) is -9.94. The smallest absolute Gasteiger partial charge is 0.744 e. The predicted octanol–water partition coefficient (Wildman–Crippen LogP) is -1.93. The molecule has 2 aromatic rings. The van der Waals surface area contributed by atoms with Gasteiger partial charge in [-0.05, 0) is 65.0 Å². The van der Waals surface area contributed by atoms with Crippen LogP contribution in [0.3, 0.4) is 0 Å². The van der Waals surface area contributed by atoms with Gasteiger partial charge in [0, 0.05) is 21.2 Å². The van der Waals surface area contributed by atoms with Gasteiger partial charge in [0.05, 0.1) is 9.79 Å². The Morgan fingerprint density at radius 1 is 0.857 bits per heavy atom. The van der Waals surface area contributed by atoms with E-state index in [9.17, 15) is 30.7 Å². The van der Waals surface area contributed by atoms with Gasteiger partial charge in [-0.2, -0.15) is 0 Å². The molecule has 0 N–H and O–H groups in total. The number of nitrogens with zero attached hydrogens (tertiary/aromatic N) is 6. The van der Waals surface area contributed by atoms with Crippen LogP contribution in [0, 0.1) is 0 Å². The number of azide groups is 2. The molecule has 0 amide bonds. The molecule has 35 heavy (non-hydrogen) atoms. The molecule has 0 aromatic heterocycles. The number of carbonyl (C=O) groups is 1. The zero-order valence-electron chi connectivity index (χ0n) is 18.6. The Bertz CT molecular complexity index is 1510. The van der Waals surface area contributed by atoms with E-state index in [0.29, 0.717) is 0 Å². The Morgan fingerprint density at radius 2 is 1.29 bits per heavy atom. The summed E-state index contributed by atoms with van der Waals surface area (Å²) in [5.74, 6) is -0.697. The first-order chi connectivity index (χ1) is 15.4. The van der Waals surface area contributed by atoms with Crippen molar-refractivity contribution in [1.29, 1.82) is 0 Å². The molecule has 2 rings (SSSR count).